The van der Waals surface area contributed by atoms with Crippen molar-refractivity contribution in [2.75, 3.05) is 18.1 Å². The fourth-order valence-corrected chi connectivity index (χ4v) is 1.82. The average molecular weight is 200 g/mol. The van der Waals surface area contributed by atoms with Crippen molar-refractivity contribution in [1.82, 2.24) is 14.8 Å². The molecular formula is C6H8N4O2S. The average Bonchev–Trinajstić information content (AvgIpc) is 2.72. The second-order valence-corrected chi connectivity index (χ2v) is 3.61. The van der Waals surface area contributed by atoms with Crippen molar-refractivity contribution < 1.29 is 9.90 Å². The second-order valence-electron chi connectivity index (χ2n) is 2.90. The molecule has 0 spiro atoms. The van der Waals surface area contributed by atoms with Gasteiger partial charge in [-0.2, -0.15) is 0 Å². The maximum Gasteiger partial charge on any atom is 0.234 e. The van der Waals surface area contributed by atoms with Crippen LogP contribution in [0, 0.1) is 5.92 Å². The Hall–Kier alpha value is -1.08. The number of hydrogen-bond acceptors (Lipinski definition) is 6. The zero-order chi connectivity index (χ0) is 9.26. The molecular weight excluding hydrogens is 192 g/mol. The third kappa shape index (κ3) is 1.52. The number of anilines is 1. The lowest BCUT2D eigenvalue weighted by Crippen LogP contribution is -2.24. The molecule has 0 bridgehead atoms. The van der Waals surface area contributed by atoms with Crippen LogP contribution in [-0.2, 0) is 4.79 Å². The van der Waals surface area contributed by atoms with Crippen LogP contribution in [0.4, 0.5) is 5.13 Å². The Morgan fingerprint density at radius 2 is 2.54 bits per heavy atom. The number of carbonyl (C=O) groups excluding carboxylic acids is 1. The SMILES string of the molecule is O=C1CC(CO)CN1c1nnns1. The van der Waals surface area contributed by atoms with Gasteiger partial charge >= 0.3 is 0 Å². The van der Waals surface area contributed by atoms with Crippen molar-refractivity contribution in [2.24, 2.45) is 5.92 Å². The number of hydrogen-bond donors (Lipinski definition) is 1. The van der Waals surface area contributed by atoms with Gasteiger partial charge in [0.1, 0.15) is 0 Å². The van der Waals surface area contributed by atoms with Gasteiger partial charge in [0.05, 0.1) is 0 Å². The molecule has 1 atom stereocenters. The normalized spacial score (nSPS) is 22.7. The molecule has 1 unspecified atom stereocenters. The third-order valence-electron chi connectivity index (χ3n) is 1.98. The van der Waals surface area contributed by atoms with Gasteiger partial charge in [-0.1, -0.05) is 9.59 Å². The summed E-state index contributed by atoms with van der Waals surface area (Å²) in [5.41, 5.74) is 0. The Bertz CT molecular complexity index is 302. The van der Waals surface area contributed by atoms with E-state index in [1.807, 2.05) is 0 Å². The van der Waals surface area contributed by atoms with Crippen LogP contribution in [0.25, 0.3) is 0 Å². The number of amides is 1. The summed E-state index contributed by atoms with van der Waals surface area (Å²) in [7, 11) is 0. The smallest absolute Gasteiger partial charge is 0.234 e. The lowest BCUT2D eigenvalue weighted by molar-refractivity contribution is -0.117. The van der Waals surface area contributed by atoms with Crippen LogP contribution in [0.5, 0.6) is 0 Å². The minimum Gasteiger partial charge on any atom is -0.396 e. The highest BCUT2D eigenvalue weighted by atomic mass is 32.1. The van der Waals surface area contributed by atoms with E-state index in [4.69, 9.17) is 5.11 Å². The van der Waals surface area contributed by atoms with Crippen molar-refractivity contribution in [2.45, 2.75) is 6.42 Å². The molecule has 1 N–H and O–H groups in total. The highest BCUT2D eigenvalue weighted by Crippen LogP contribution is 2.24. The van der Waals surface area contributed by atoms with E-state index in [0.717, 1.165) is 11.5 Å². The van der Waals surface area contributed by atoms with E-state index in [1.54, 1.807) is 0 Å². The molecule has 1 amide bonds. The van der Waals surface area contributed by atoms with Crippen molar-refractivity contribution >= 4 is 22.6 Å². The van der Waals surface area contributed by atoms with Gasteiger partial charge in [-0.15, -0.1) is 0 Å². The number of aliphatic hydroxyl groups is 1. The first kappa shape index (κ1) is 8.52. The van der Waals surface area contributed by atoms with Crippen LogP contribution in [0.15, 0.2) is 0 Å². The quantitative estimate of drug-likeness (QED) is 0.681. The van der Waals surface area contributed by atoms with Crippen molar-refractivity contribution in [1.29, 1.82) is 0 Å². The highest BCUT2D eigenvalue weighted by Gasteiger charge is 2.31. The lowest BCUT2D eigenvalue weighted by Gasteiger charge is -2.09. The molecule has 1 aromatic rings. The summed E-state index contributed by atoms with van der Waals surface area (Å²) in [6.07, 6.45) is 0.385. The van der Waals surface area contributed by atoms with Gasteiger partial charge in [0.25, 0.3) is 0 Å². The molecule has 0 radical (unpaired) electrons. The van der Waals surface area contributed by atoms with Crippen LogP contribution in [0.3, 0.4) is 0 Å². The highest BCUT2D eigenvalue weighted by molar-refractivity contribution is 7.09. The first-order valence-corrected chi connectivity index (χ1v) is 4.65. The predicted octanol–water partition coefficient (Wildman–Crippen LogP) is -0.722. The van der Waals surface area contributed by atoms with E-state index in [9.17, 15) is 4.79 Å². The van der Waals surface area contributed by atoms with Gasteiger partial charge in [0.15, 0.2) is 0 Å². The lowest BCUT2D eigenvalue weighted by atomic mass is 10.1. The summed E-state index contributed by atoms with van der Waals surface area (Å²) in [6, 6.07) is 0. The minimum absolute atomic E-state index is 0.0161. The molecule has 70 valence electrons. The first-order valence-electron chi connectivity index (χ1n) is 3.87. The van der Waals surface area contributed by atoms with E-state index < -0.39 is 0 Å². The standard InChI is InChI=1S/C6H8N4O2S/c11-3-4-1-5(12)10(2-4)6-7-8-9-13-6/h4,11H,1-3H2. The van der Waals surface area contributed by atoms with E-state index in [2.05, 4.69) is 14.8 Å². The summed E-state index contributed by atoms with van der Waals surface area (Å²) in [5.74, 6) is 0.00833. The van der Waals surface area contributed by atoms with Gasteiger partial charge in [-0.25, -0.2) is 0 Å². The second kappa shape index (κ2) is 3.35. The van der Waals surface area contributed by atoms with Crippen molar-refractivity contribution in [3.63, 3.8) is 0 Å². The maximum absolute atomic E-state index is 11.4. The van der Waals surface area contributed by atoms with Crippen molar-refractivity contribution in [3.05, 3.63) is 0 Å². The largest absolute Gasteiger partial charge is 0.396 e. The van der Waals surface area contributed by atoms with Gasteiger partial charge in [0, 0.05) is 37.0 Å². The Morgan fingerprint density at radius 1 is 1.69 bits per heavy atom. The molecule has 0 aliphatic carbocycles. The topological polar surface area (TPSA) is 79.2 Å². The minimum atomic E-state index is -0.0161. The Balaban J connectivity index is 2.14. The summed E-state index contributed by atoms with van der Waals surface area (Å²) in [5, 5.41) is 16.5. The molecule has 1 aromatic heterocycles. The van der Waals surface area contributed by atoms with Crippen LogP contribution in [0.1, 0.15) is 6.42 Å². The third-order valence-corrected chi connectivity index (χ3v) is 2.60. The summed E-state index contributed by atoms with van der Waals surface area (Å²) < 4.78 is 3.58. The van der Waals surface area contributed by atoms with Gasteiger partial charge in [-0.3, -0.25) is 9.69 Å². The Labute approximate surface area is 78.3 Å². The molecule has 0 aromatic carbocycles. The number of carbonyl (C=O) groups is 1. The molecule has 1 aliphatic heterocycles. The van der Waals surface area contributed by atoms with Gasteiger partial charge < -0.3 is 5.11 Å². The molecule has 2 rings (SSSR count). The van der Waals surface area contributed by atoms with E-state index in [1.165, 1.54) is 4.90 Å². The number of aromatic nitrogens is 3. The molecule has 1 fully saturated rings. The summed E-state index contributed by atoms with van der Waals surface area (Å²) in [6.45, 7) is 0.556. The van der Waals surface area contributed by atoms with Gasteiger partial charge in [0.2, 0.25) is 11.0 Å². The van der Waals surface area contributed by atoms with Crippen molar-refractivity contribution in [3.8, 4) is 0 Å². The Morgan fingerprint density at radius 3 is 3.08 bits per heavy atom. The van der Waals surface area contributed by atoms with Gasteiger partial charge in [-0.05, 0) is 5.21 Å². The number of aliphatic hydroxyl groups excluding tert-OH is 1. The maximum atomic E-state index is 11.4. The zero-order valence-electron chi connectivity index (χ0n) is 6.75. The van der Waals surface area contributed by atoms with E-state index in [-0.39, 0.29) is 18.4 Å². The van der Waals surface area contributed by atoms with Crippen LogP contribution in [-0.4, -0.2) is 39.0 Å². The fourth-order valence-electron chi connectivity index (χ4n) is 1.32. The summed E-state index contributed by atoms with van der Waals surface area (Å²) >= 11 is 1.09. The molecule has 0 saturated carbocycles. The zero-order valence-corrected chi connectivity index (χ0v) is 7.57. The molecule has 1 aliphatic rings. The van der Waals surface area contributed by atoms with Crippen LogP contribution < -0.4 is 4.90 Å². The fraction of sp³-hybridized carbons (Fsp3) is 0.667. The number of nitrogens with zero attached hydrogens (tertiary/aromatic N) is 4. The molecule has 1 saturated heterocycles. The summed E-state index contributed by atoms with van der Waals surface area (Å²) in [4.78, 5) is 12.9. The molecule has 2 heterocycles. The molecule has 7 heteroatoms. The Kier molecular flexibility index (Phi) is 2.19. The monoisotopic (exact) mass is 200 g/mol. The van der Waals surface area contributed by atoms with Crippen LogP contribution in [0.2, 0.25) is 0 Å². The van der Waals surface area contributed by atoms with E-state index in [0.29, 0.717) is 18.1 Å². The first-order chi connectivity index (χ1) is 6.31. The van der Waals surface area contributed by atoms with E-state index >= 15 is 0 Å². The number of rotatable bonds is 2. The van der Waals surface area contributed by atoms with Crippen LogP contribution >= 0.6 is 11.5 Å². The molecule has 13 heavy (non-hydrogen) atoms. The predicted molar refractivity (Wildman–Crippen MR) is 45.2 cm³/mol. The molecule has 6 nitrogen and oxygen atoms in total.